The molecule has 7 nitrogen and oxygen atoms in total. The highest BCUT2D eigenvalue weighted by molar-refractivity contribution is 6.10. The van der Waals surface area contributed by atoms with E-state index in [0.717, 1.165) is 0 Å². The monoisotopic (exact) mass is 243 g/mol. The van der Waals surface area contributed by atoms with E-state index in [4.69, 9.17) is 21.0 Å². The van der Waals surface area contributed by atoms with E-state index in [0.29, 0.717) is 11.4 Å². The summed E-state index contributed by atoms with van der Waals surface area (Å²) in [5.74, 6) is -0.0846. The molecule has 0 radical (unpaired) electrons. The minimum Gasteiger partial charge on any atom is -0.484 e. The highest BCUT2D eigenvalue weighted by atomic mass is 16.5. The summed E-state index contributed by atoms with van der Waals surface area (Å²) in [5, 5.41) is 20.5. The van der Waals surface area contributed by atoms with Crippen LogP contribution in [0.15, 0.2) is 29.4 Å². The molecular formula is C11H9N5O2. The molecule has 1 amide bonds. The first kappa shape index (κ1) is 13.0. The molecule has 90 valence electrons. The number of hydrogen-bond donors (Lipinski definition) is 2. The molecule has 0 saturated carbocycles. The van der Waals surface area contributed by atoms with Gasteiger partial charge in [0.2, 0.25) is 5.71 Å². The second-order valence-corrected chi connectivity index (χ2v) is 3.08. The van der Waals surface area contributed by atoms with E-state index in [9.17, 15) is 4.79 Å². The van der Waals surface area contributed by atoms with Gasteiger partial charge in [-0.25, -0.2) is 0 Å². The van der Waals surface area contributed by atoms with Crippen LogP contribution < -0.4 is 15.9 Å². The van der Waals surface area contributed by atoms with Gasteiger partial charge in [-0.1, -0.05) is 0 Å². The number of amides is 1. The topological polar surface area (TPSA) is 124 Å². The van der Waals surface area contributed by atoms with Gasteiger partial charge in [-0.3, -0.25) is 10.2 Å². The average Bonchev–Trinajstić information content (AvgIpc) is 2.39. The minimum atomic E-state index is -0.561. The van der Waals surface area contributed by atoms with E-state index in [1.54, 1.807) is 36.4 Å². The van der Waals surface area contributed by atoms with E-state index < -0.39 is 5.91 Å². The molecule has 0 bridgehead atoms. The van der Waals surface area contributed by atoms with Crippen LogP contribution in [-0.2, 0) is 4.79 Å². The van der Waals surface area contributed by atoms with Crippen molar-refractivity contribution in [3.05, 3.63) is 24.3 Å². The lowest BCUT2D eigenvalue weighted by Gasteiger charge is -2.04. The van der Waals surface area contributed by atoms with Crippen molar-refractivity contribution in [3.8, 4) is 17.9 Å². The number of hydrogen-bond acceptors (Lipinski definition) is 6. The number of hydrazone groups is 1. The Bertz CT molecular complexity index is 520. The molecule has 1 rings (SSSR count). The third kappa shape index (κ3) is 4.21. The standard InChI is InChI=1S/C11H9N5O2/c12-5-9(6-13)16-15-8-1-3-10(4-2-8)18-7-11(14)17/h1-4,15H,7H2,(H2,14,17). The first-order valence-electron chi connectivity index (χ1n) is 4.80. The number of rotatable bonds is 5. The first-order valence-corrected chi connectivity index (χ1v) is 4.80. The summed E-state index contributed by atoms with van der Waals surface area (Å²) in [6.45, 7) is -0.196. The van der Waals surface area contributed by atoms with Crippen LogP contribution in [0.4, 0.5) is 5.69 Å². The van der Waals surface area contributed by atoms with Gasteiger partial charge in [-0.05, 0) is 24.3 Å². The zero-order valence-electron chi connectivity index (χ0n) is 9.25. The maximum absolute atomic E-state index is 10.5. The molecule has 0 saturated heterocycles. The van der Waals surface area contributed by atoms with Crippen molar-refractivity contribution in [3.63, 3.8) is 0 Å². The second-order valence-electron chi connectivity index (χ2n) is 3.08. The summed E-state index contributed by atoms with van der Waals surface area (Å²) in [6, 6.07) is 9.66. The van der Waals surface area contributed by atoms with Gasteiger partial charge in [0.15, 0.2) is 6.61 Å². The third-order valence-electron chi connectivity index (χ3n) is 1.74. The molecular weight excluding hydrogens is 234 g/mol. The van der Waals surface area contributed by atoms with Gasteiger partial charge >= 0.3 is 0 Å². The quantitative estimate of drug-likeness (QED) is 0.570. The Hall–Kier alpha value is -3.06. The second kappa shape index (κ2) is 6.51. The summed E-state index contributed by atoms with van der Waals surface area (Å²) in [7, 11) is 0. The van der Waals surface area contributed by atoms with Crippen molar-refractivity contribution < 1.29 is 9.53 Å². The molecule has 1 aromatic rings. The molecule has 0 spiro atoms. The van der Waals surface area contributed by atoms with Gasteiger partial charge in [0.05, 0.1) is 5.69 Å². The van der Waals surface area contributed by atoms with Crippen molar-refractivity contribution in [2.24, 2.45) is 10.8 Å². The number of nitrogens with zero attached hydrogens (tertiary/aromatic N) is 3. The van der Waals surface area contributed by atoms with Gasteiger partial charge in [-0.2, -0.15) is 15.6 Å². The SMILES string of the molecule is N#CC(C#N)=NNc1ccc(OCC(N)=O)cc1. The zero-order chi connectivity index (χ0) is 13.4. The highest BCUT2D eigenvalue weighted by Gasteiger charge is 1.98. The fourth-order valence-corrected chi connectivity index (χ4v) is 0.976. The first-order chi connectivity index (χ1) is 8.65. The van der Waals surface area contributed by atoms with E-state index in [-0.39, 0.29) is 12.3 Å². The Labute approximate surface area is 103 Å². The molecule has 3 N–H and O–H groups in total. The minimum absolute atomic E-state index is 0.196. The summed E-state index contributed by atoms with van der Waals surface area (Å²) in [4.78, 5) is 10.5. The number of carbonyl (C=O) groups excluding carboxylic acids is 1. The zero-order valence-corrected chi connectivity index (χ0v) is 9.25. The summed E-state index contributed by atoms with van der Waals surface area (Å²) in [5.41, 5.74) is 7.76. The average molecular weight is 243 g/mol. The van der Waals surface area contributed by atoms with Crippen LogP contribution in [0, 0.1) is 22.7 Å². The molecule has 0 unspecified atom stereocenters. The summed E-state index contributed by atoms with van der Waals surface area (Å²) >= 11 is 0. The molecule has 1 aromatic carbocycles. The Morgan fingerprint density at radius 3 is 2.44 bits per heavy atom. The van der Waals surface area contributed by atoms with Crippen molar-refractivity contribution in [2.45, 2.75) is 0 Å². The molecule has 0 aliphatic rings. The third-order valence-corrected chi connectivity index (χ3v) is 1.74. The van der Waals surface area contributed by atoms with Gasteiger partial charge in [0.1, 0.15) is 17.9 Å². The van der Waals surface area contributed by atoms with Crippen molar-refractivity contribution >= 4 is 17.3 Å². The van der Waals surface area contributed by atoms with Crippen LogP contribution in [0.5, 0.6) is 5.75 Å². The van der Waals surface area contributed by atoms with E-state index in [1.165, 1.54) is 0 Å². The van der Waals surface area contributed by atoms with Crippen LogP contribution >= 0.6 is 0 Å². The van der Waals surface area contributed by atoms with Crippen LogP contribution in [-0.4, -0.2) is 18.2 Å². The van der Waals surface area contributed by atoms with Crippen LogP contribution in [0.25, 0.3) is 0 Å². The fourth-order valence-electron chi connectivity index (χ4n) is 0.976. The number of nitriles is 2. The number of primary amides is 1. The van der Waals surface area contributed by atoms with Gasteiger partial charge in [-0.15, -0.1) is 0 Å². The highest BCUT2D eigenvalue weighted by Crippen LogP contribution is 2.15. The predicted octanol–water partition coefficient (Wildman–Crippen LogP) is 0.366. The molecule has 0 atom stereocenters. The van der Waals surface area contributed by atoms with Crippen molar-refractivity contribution in [1.29, 1.82) is 10.5 Å². The van der Waals surface area contributed by atoms with Crippen LogP contribution in [0.3, 0.4) is 0 Å². The number of nitrogens with one attached hydrogen (secondary N) is 1. The Morgan fingerprint density at radius 2 is 1.94 bits per heavy atom. The Kier molecular flexibility index (Phi) is 4.70. The van der Waals surface area contributed by atoms with Crippen LogP contribution in [0.2, 0.25) is 0 Å². The van der Waals surface area contributed by atoms with Gasteiger partial charge in [0.25, 0.3) is 5.91 Å². The molecule has 0 aliphatic carbocycles. The van der Waals surface area contributed by atoms with Gasteiger partial charge < -0.3 is 10.5 Å². The maximum Gasteiger partial charge on any atom is 0.255 e. The molecule has 0 heterocycles. The largest absolute Gasteiger partial charge is 0.484 e. The number of anilines is 1. The summed E-state index contributed by atoms with van der Waals surface area (Å²) < 4.78 is 5.05. The maximum atomic E-state index is 10.5. The molecule has 0 fully saturated rings. The number of ether oxygens (including phenoxy) is 1. The predicted molar refractivity (Wildman–Crippen MR) is 63.4 cm³/mol. The van der Waals surface area contributed by atoms with E-state index in [2.05, 4.69) is 10.5 Å². The van der Waals surface area contributed by atoms with Crippen LogP contribution in [0.1, 0.15) is 0 Å². The number of benzene rings is 1. The molecule has 7 heteroatoms. The lowest BCUT2D eigenvalue weighted by atomic mass is 10.3. The van der Waals surface area contributed by atoms with Gasteiger partial charge in [0, 0.05) is 0 Å². The molecule has 18 heavy (non-hydrogen) atoms. The van der Waals surface area contributed by atoms with Crippen molar-refractivity contribution in [2.75, 3.05) is 12.0 Å². The Balaban J connectivity index is 2.61. The number of carbonyl (C=O) groups is 1. The summed E-state index contributed by atoms with van der Waals surface area (Å²) in [6.07, 6.45) is 0. The molecule has 0 aliphatic heterocycles. The fraction of sp³-hybridized carbons (Fsp3) is 0.0909. The lowest BCUT2D eigenvalue weighted by Crippen LogP contribution is -2.19. The van der Waals surface area contributed by atoms with Crippen molar-refractivity contribution in [1.82, 2.24) is 0 Å². The van der Waals surface area contributed by atoms with E-state index >= 15 is 0 Å². The smallest absolute Gasteiger partial charge is 0.255 e. The normalized spacial score (nSPS) is 8.56. The lowest BCUT2D eigenvalue weighted by molar-refractivity contribution is -0.119. The molecule has 0 aromatic heterocycles. The van der Waals surface area contributed by atoms with E-state index in [1.807, 2.05) is 0 Å². The number of nitrogens with two attached hydrogens (primary N) is 1. The Morgan fingerprint density at radius 1 is 1.33 bits per heavy atom.